The third-order valence-corrected chi connectivity index (χ3v) is 9.58. The van der Waals surface area contributed by atoms with E-state index in [-0.39, 0.29) is 23.8 Å². The maximum Gasteiger partial charge on any atom is 0.502 e. The molecule has 4 N–H and O–H groups in total. The molecule has 0 aromatic heterocycles. The minimum absolute atomic E-state index is 0.107. The van der Waals surface area contributed by atoms with Gasteiger partial charge in [-0.05, 0) is 26.2 Å². The largest absolute Gasteiger partial charge is 0.502 e. The maximum absolute atomic E-state index is 6.60. The van der Waals surface area contributed by atoms with E-state index in [0.29, 0.717) is 6.54 Å². The summed E-state index contributed by atoms with van der Waals surface area (Å²) in [7, 11) is -2.59. The lowest BCUT2D eigenvalue weighted by Crippen LogP contribution is -2.52. The van der Waals surface area contributed by atoms with Crippen molar-refractivity contribution < 1.29 is 13.3 Å². The first-order valence-electron chi connectivity index (χ1n) is 11.6. The molecule has 2 bridgehead atoms. The molecule has 4 atom stereocenters. The fourth-order valence-corrected chi connectivity index (χ4v) is 8.56. The summed E-state index contributed by atoms with van der Waals surface area (Å²) < 4.78 is 19.6. The van der Waals surface area contributed by atoms with Crippen molar-refractivity contribution in [3.8, 4) is 0 Å². The van der Waals surface area contributed by atoms with Gasteiger partial charge in [0.05, 0.1) is 11.7 Å². The topological polar surface area (TPSA) is 92.1 Å². The van der Waals surface area contributed by atoms with Crippen LogP contribution in [-0.2, 0) is 13.3 Å². The first kappa shape index (κ1) is 22.1. The molecule has 0 spiro atoms. The number of hydrogen-bond donors (Lipinski definition) is 2. The van der Waals surface area contributed by atoms with Gasteiger partial charge in [-0.25, -0.2) is 0 Å². The van der Waals surface area contributed by atoms with E-state index in [1.54, 1.807) is 0 Å². The van der Waals surface area contributed by atoms with Crippen LogP contribution in [0.4, 0.5) is 0 Å². The van der Waals surface area contributed by atoms with Gasteiger partial charge in [0.15, 0.2) is 5.96 Å². The van der Waals surface area contributed by atoms with Crippen LogP contribution in [0, 0.1) is 0 Å². The second-order valence-electron chi connectivity index (χ2n) is 9.13. The third-order valence-electron chi connectivity index (χ3n) is 6.56. The molecular formula is C21H41N3O3Si. The molecule has 1 saturated carbocycles. The number of nitrogens with two attached hydrogens (primary N) is 2. The van der Waals surface area contributed by atoms with E-state index in [4.69, 9.17) is 24.7 Å². The zero-order valence-electron chi connectivity index (χ0n) is 17.8. The minimum atomic E-state index is -2.59. The normalized spacial score (nSPS) is 37.6. The lowest BCUT2D eigenvalue weighted by atomic mass is 9.87. The first-order valence-corrected chi connectivity index (χ1v) is 13.6. The van der Waals surface area contributed by atoms with Crippen molar-refractivity contribution in [2.75, 3.05) is 6.54 Å². The van der Waals surface area contributed by atoms with E-state index >= 15 is 0 Å². The van der Waals surface area contributed by atoms with Crippen molar-refractivity contribution in [3.63, 3.8) is 0 Å². The third kappa shape index (κ3) is 5.94. The van der Waals surface area contributed by atoms with Gasteiger partial charge >= 0.3 is 8.80 Å². The summed E-state index contributed by atoms with van der Waals surface area (Å²) in [6.07, 6.45) is 18.1. The van der Waals surface area contributed by atoms with Gasteiger partial charge in [0.1, 0.15) is 6.10 Å². The molecule has 2 heterocycles. The van der Waals surface area contributed by atoms with E-state index in [2.05, 4.69) is 11.9 Å². The quantitative estimate of drug-likeness (QED) is 0.312. The molecule has 2 saturated heterocycles. The van der Waals surface area contributed by atoms with Crippen molar-refractivity contribution in [1.82, 2.24) is 0 Å². The number of nitrogens with zero attached hydrogens (tertiary/aromatic N) is 1. The van der Waals surface area contributed by atoms with Crippen LogP contribution in [0.2, 0.25) is 6.04 Å². The molecule has 0 aromatic carbocycles. The Morgan fingerprint density at radius 2 is 1.54 bits per heavy atom. The molecule has 0 amide bonds. The SMILES string of the molecule is CC12CCCCCCCCCCCCCC3O[Si](CCCN=C(N)N)(OC31)O2. The highest BCUT2D eigenvalue weighted by atomic mass is 28.4. The summed E-state index contributed by atoms with van der Waals surface area (Å²) in [5.41, 5.74) is 10.7. The Bertz CT molecular complexity index is 517. The molecule has 3 fully saturated rings. The van der Waals surface area contributed by atoms with E-state index in [1.165, 1.54) is 70.6 Å². The van der Waals surface area contributed by atoms with Gasteiger partial charge in [0.25, 0.3) is 0 Å². The second-order valence-corrected chi connectivity index (χ2v) is 11.7. The van der Waals surface area contributed by atoms with Crippen LogP contribution < -0.4 is 11.5 Å². The molecule has 1 aliphatic carbocycles. The highest BCUT2D eigenvalue weighted by molar-refractivity contribution is 6.62. The molecule has 6 nitrogen and oxygen atoms in total. The summed E-state index contributed by atoms with van der Waals surface area (Å²) in [6, 6.07) is 0.812. The number of hydrogen-bond acceptors (Lipinski definition) is 4. The molecule has 162 valence electrons. The van der Waals surface area contributed by atoms with Crippen LogP contribution in [0.1, 0.15) is 96.8 Å². The van der Waals surface area contributed by atoms with E-state index in [0.717, 1.165) is 25.3 Å². The summed E-state index contributed by atoms with van der Waals surface area (Å²) in [4.78, 5) is 4.10. The number of rotatable bonds is 4. The highest BCUT2D eigenvalue weighted by Crippen LogP contribution is 2.49. The van der Waals surface area contributed by atoms with Crippen LogP contribution in [0.5, 0.6) is 0 Å². The van der Waals surface area contributed by atoms with Gasteiger partial charge in [0, 0.05) is 12.6 Å². The maximum atomic E-state index is 6.60. The second kappa shape index (κ2) is 10.4. The van der Waals surface area contributed by atoms with Crippen molar-refractivity contribution in [1.29, 1.82) is 0 Å². The smallest absolute Gasteiger partial charge is 0.370 e. The first-order chi connectivity index (χ1) is 13.5. The van der Waals surface area contributed by atoms with Crippen molar-refractivity contribution in [2.24, 2.45) is 16.5 Å². The molecule has 2 aliphatic heterocycles. The van der Waals surface area contributed by atoms with E-state index in [1.807, 2.05) is 0 Å². The molecule has 3 rings (SSSR count). The van der Waals surface area contributed by atoms with Gasteiger partial charge < -0.3 is 24.7 Å². The zero-order valence-corrected chi connectivity index (χ0v) is 18.8. The van der Waals surface area contributed by atoms with Gasteiger partial charge in [0.2, 0.25) is 0 Å². The summed E-state index contributed by atoms with van der Waals surface area (Å²) >= 11 is 0. The Morgan fingerprint density at radius 3 is 2.18 bits per heavy atom. The van der Waals surface area contributed by atoms with Gasteiger partial charge in [-0.1, -0.05) is 70.6 Å². The van der Waals surface area contributed by atoms with Crippen LogP contribution in [0.25, 0.3) is 0 Å². The lowest BCUT2D eigenvalue weighted by Gasteiger charge is -2.38. The van der Waals surface area contributed by atoms with Gasteiger partial charge in [-0.2, -0.15) is 0 Å². The summed E-state index contributed by atoms with van der Waals surface area (Å²) in [5, 5.41) is 0. The molecule has 0 aromatic rings. The lowest BCUT2D eigenvalue weighted by molar-refractivity contribution is -0.0525. The molecule has 0 radical (unpaired) electrons. The monoisotopic (exact) mass is 411 g/mol. The Morgan fingerprint density at radius 1 is 0.929 bits per heavy atom. The Labute approximate surface area is 172 Å². The van der Waals surface area contributed by atoms with Crippen molar-refractivity contribution >= 4 is 14.8 Å². The van der Waals surface area contributed by atoms with E-state index < -0.39 is 8.80 Å². The van der Waals surface area contributed by atoms with Crippen LogP contribution in [0.3, 0.4) is 0 Å². The van der Waals surface area contributed by atoms with Crippen molar-refractivity contribution in [2.45, 2.75) is 121 Å². The number of guanidine groups is 1. The van der Waals surface area contributed by atoms with Crippen LogP contribution in [0.15, 0.2) is 4.99 Å². The Balaban J connectivity index is 1.60. The molecule has 7 heteroatoms. The number of aliphatic imine (C=N–C) groups is 1. The molecular weight excluding hydrogens is 370 g/mol. The average molecular weight is 412 g/mol. The van der Waals surface area contributed by atoms with Gasteiger partial charge in [-0.3, -0.25) is 4.99 Å². The fraction of sp³-hybridized carbons (Fsp3) is 0.952. The van der Waals surface area contributed by atoms with Crippen LogP contribution >= 0.6 is 0 Å². The predicted octanol–water partition coefficient (Wildman–Crippen LogP) is 4.25. The standard InChI is InChI=1S/C21H41N3O3Si/c1-21-15-12-10-8-6-4-2-3-5-7-9-11-14-18-19(21)26-28(25-18,27-21)17-13-16-24-20(22)23/h18-19H,2-17H2,1H3,(H4,22,23,24). The van der Waals surface area contributed by atoms with Crippen molar-refractivity contribution in [3.05, 3.63) is 0 Å². The molecule has 3 aliphatic rings. The molecule has 28 heavy (non-hydrogen) atoms. The zero-order chi connectivity index (χ0) is 19.9. The minimum Gasteiger partial charge on any atom is -0.370 e. The fourth-order valence-electron chi connectivity index (χ4n) is 5.06. The highest BCUT2D eigenvalue weighted by Gasteiger charge is 2.67. The van der Waals surface area contributed by atoms with E-state index in [9.17, 15) is 0 Å². The Hall–Kier alpha value is -0.633. The average Bonchev–Trinajstić information content (AvgIpc) is 3.14. The predicted molar refractivity (Wildman–Crippen MR) is 115 cm³/mol. The summed E-state index contributed by atoms with van der Waals surface area (Å²) in [6.45, 7) is 2.88. The Kier molecular flexibility index (Phi) is 8.20. The number of fused-ring (bicyclic) bond motifs is 1. The summed E-state index contributed by atoms with van der Waals surface area (Å²) in [5.74, 6) is 0.147. The van der Waals surface area contributed by atoms with Gasteiger partial charge in [-0.15, -0.1) is 0 Å². The van der Waals surface area contributed by atoms with Crippen LogP contribution in [-0.4, -0.2) is 39.1 Å². The molecule has 4 unspecified atom stereocenters.